The second-order valence-electron chi connectivity index (χ2n) is 6.90. The number of amides is 1. The van der Waals surface area contributed by atoms with E-state index in [-0.39, 0.29) is 11.8 Å². The molecule has 0 aromatic rings. The second-order valence-corrected chi connectivity index (χ2v) is 6.90. The van der Waals surface area contributed by atoms with Crippen LogP contribution in [0, 0.1) is 17.3 Å². The van der Waals surface area contributed by atoms with Crippen LogP contribution in [0.5, 0.6) is 0 Å². The minimum absolute atomic E-state index is 0.207. The van der Waals surface area contributed by atoms with E-state index in [1.165, 1.54) is 25.7 Å². The molecule has 0 aromatic carbocycles. The van der Waals surface area contributed by atoms with Gasteiger partial charge in [-0.3, -0.25) is 4.79 Å². The average molecular weight is 252 g/mol. The van der Waals surface area contributed by atoms with E-state index in [1.807, 2.05) is 0 Å². The quantitative estimate of drug-likeness (QED) is 0.809. The van der Waals surface area contributed by atoms with E-state index < -0.39 is 0 Å². The van der Waals surface area contributed by atoms with Crippen LogP contribution < -0.4 is 10.6 Å². The fraction of sp³-hybridized carbons (Fsp3) is 0.933. The maximum Gasteiger partial charge on any atom is 0.224 e. The van der Waals surface area contributed by atoms with Crippen molar-refractivity contribution in [2.75, 3.05) is 19.6 Å². The van der Waals surface area contributed by atoms with Crippen molar-refractivity contribution < 1.29 is 4.79 Å². The summed E-state index contributed by atoms with van der Waals surface area (Å²) in [4.78, 5) is 12.0. The molecule has 104 valence electrons. The van der Waals surface area contributed by atoms with E-state index in [0.29, 0.717) is 11.3 Å². The van der Waals surface area contributed by atoms with Gasteiger partial charge in [-0.25, -0.2) is 0 Å². The van der Waals surface area contributed by atoms with Crippen molar-refractivity contribution >= 4 is 5.91 Å². The van der Waals surface area contributed by atoms with Crippen LogP contribution >= 0.6 is 0 Å². The number of carbonyl (C=O) groups is 1. The summed E-state index contributed by atoms with van der Waals surface area (Å²) >= 11 is 0. The first kappa shape index (κ1) is 13.9. The summed E-state index contributed by atoms with van der Waals surface area (Å²) in [6.07, 6.45) is 7.34. The largest absolute Gasteiger partial charge is 0.356 e. The Morgan fingerprint density at radius 1 is 1.28 bits per heavy atom. The van der Waals surface area contributed by atoms with Crippen molar-refractivity contribution in [1.82, 2.24) is 10.6 Å². The van der Waals surface area contributed by atoms with E-state index >= 15 is 0 Å². The van der Waals surface area contributed by atoms with Crippen molar-refractivity contribution in [3.8, 4) is 0 Å². The number of hydrogen-bond donors (Lipinski definition) is 2. The minimum Gasteiger partial charge on any atom is -0.356 e. The molecule has 1 heterocycles. The van der Waals surface area contributed by atoms with Gasteiger partial charge in [-0.05, 0) is 56.4 Å². The van der Waals surface area contributed by atoms with E-state index in [9.17, 15) is 4.79 Å². The van der Waals surface area contributed by atoms with E-state index in [4.69, 9.17) is 0 Å². The lowest BCUT2D eigenvalue weighted by molar-refractivity contribution is -0.125. The van der Waals surface area contributed by atoms with Gasteiger partial charge < -0.3 is 10.6 Å². The van der Waals surface area contributed by atoms with Gasteiger partial charge in [0.25, 0.3) is 0 Å². The normalized spacial score (nSPS) is 28.9. The Morgan fingerprint density at radius 3 is 2.61 bits per heavy atom. The van der Waals surface area contributed by atoms with Crippen LogP contribution in [0.4, 0.5) is 0 Å². The van der Waals surface area contributed by atoms with Crippen molar-refractivity contribution in [2.45, 2.75) is 52.4 Å². The zero-order chi connectivity index (χ0) is 13.0. The lowest BCUT2D eigenvalue weighted by Gasteiger charge is -2.34. The Hall–Kier alpha value is -0.570. The summed E-state index contributed by atoms with van der Waals surface area (Å²) in [5.41, 5.74) is 0.522. The highest BCUT2D eigenvalue weighted by Gasteiger charge is 2.27. The summed E-state index contributed by atoms with van der Waals surface area (Å²) in [5, 5.41) is 6.47. The molecule has 1 saturated heterocycles. The number of piperidine rings is 1. The molecule has 0 radical (unpaired) electrons. The Morgan fingerprint density at radius 2 is 2.00 bits per heavy atom. The van der Waals surface area contributed by atoms with E-state index in [2.05, 4.69) is 24.5 Å². The highest BCUT2D eigenvalue weighted by Crippen LogP contribution is 2.37. The lowest BCUT2D eigenvalue weighted by atomic mass is 9.73. The molecule has 18 heavy (non-hydrogen) atoms. The first-order chi connectivity index (χ1) is 8.57. The predicted octanol–water partition coefficient (Wildman–Crippen LogP) is 2.32. The number of rotatable bonds is 3. The van der Waals surface area contributed by atoms with Gasteiger partial charge in [0.2, 0.25) is 5.91 Å². The zero-order valence-electron chi connectivity index (χ0n) is 11.9. The van der Waals surface area contributed by atoms with Crippen LogP contribution in [-0.2, 0) is 4.79 Å². The SMILES string of the molecule is CC1(C)CCC(CNC(=O)C2CCCNC2)CC1. The molecule has 1 aliphatic carbocycles. The predicted molar refractivity (Wildman–Crippen MR) is 74.3 cm³/mol. The summed E-state index contributed by atoms with van der Waals surface area (Å²) in [5.74, 6) is 1.18. The molecule has 2 rings (SSSR count). The molecule has 0 aromatic heterocycles. The van der Waals surface area contributed by atoms with Gasteiger partial charge in [-0.2, -0.15) is 0 Å². The molecule has 2 aliphatic rings. The molecule has 3 nitrogen and oxygen atoms in total. The Bertz CT molecular complexity index is 272. The maximum atomic E-state index is 12.0. The van der Waals surface area contributed by atoms with Gasteiger partial charge in [0, 0.05) is 13.1 Å². The van der Waals surface area contributed by atoms with Crippen LogP contribution in [0.15, 0.2) is 0 Å². The van der Waals surface area contributed by atoms with Crippen molar-refractivity contribution in [3.05, 3.63) is 0 Å². The molecule has 1 atom stereocenters. The van der Waals surface area contributed by atoms with Crippen molar-refractivity contribution in [1.29, 1.82) is 0 Å². The number of hydrogen-bond acceptors (Lipinski definition) is 2. The highest BCUT2D eigenvalue weighted by atomic mass is 16.1. The smallest absolute Gasteiger partial charge is 0.224 e. The summed E-state index contributed by atoms with van der Waals surface area (Å²) in [6.45, 7) is 7.54. The summed E-state index contributed by atoms with van der Waals surface area (Å²) < 4.78 is 0. The fourth-order valence-corrected chi connectivity index (χ4v) is 3.13. The number of carbonyl (C=O) groups excluding carboxylic acids is 1. The molecule has 1 saturated carbocycles. The molecule has 2 N–H and O–H groups in total. The van der Waals surface area contributed by atoms with Crippen LogP contribution in [0.3, 0.4) is 0 Å². The minimum atomic E-state index is 0.207. The third-order valence-electron chi connectivity index (χ3n) is 4.69. The standard InChI is InChI=1S/C15H28N2O/c1-15(2)7-5-12(6-8-15)10-17-14(18)13-4-3-9-16-11-13/h12-13,16H,3-11H2,1-2H3,(H,17,18). The molecule has 1 aliphatic heterocycles. The van der Waals surface area contributed by atoms with E-state index in [0.717, 1.165) is 32.5 Å². The topological polar surface area (TPSA) is 41.1 Å². The first-order valence-corrected chi connectivity index (χ1v) is 7.55. The molecule has 3 heteroatoms. The van der Waals surface area contributed by atoms with Crippen LogP contribution in [0.2, 0.25) is 0 Å². The van der Waals surface area contributed by atoms with Crippen molar-refractivity contribution in [3.63, 3.8) is 0 Å². The monoisotopic (exact) mass is 252 g/mol. The maximum absolute atomic E-state index is 12.0. The third kappa shape index (κ3) is 3.98. The first-order valence-electron chi connectivity index (χ1n) is 7.55. The van der Waals surface area contributed by atoms with E-state index in [1.54, 1.807) is 0 Å². The van der Waals surface area contributed by atoms with Gasteiger partial charge in [0.15, 0.2) is 0 Å². The van der Waals surface area contributed by atoms with Gasteiger partial charge in [0.1, 0.15) is 0 Å². The molecule has 2 fully saturated rings. The summed E-state index contributed by atoms with van der Waals surface area (Å²) in [6, 6.07) is 0. The molecular weight excluding hydrogens is 224 g/mol. The average Bonchev–Trinajstić information content (AvgIpc) is 2.38. The third-order valence-corrected chi connectivity index (χ3v) is 4.69. The summed E-state index contributed by atoms with van der Waals surface area (Å²) in [7, 11) is 0. The van der Waals surface area contributed by atoms with Crippen LogP contribution in [0.25, 0.3) is 0 Å². The number of nitrogens with one attached hydrogen (secondary N) is 2. The lowest BCUT2D eigenvalue weighted by Crippen LogP contribution is -2.42. The van der Waals surface area contributed by atoms with Crippen LogP contribution in [-0.4, -0.2) is 25.5 Å². The van der Waals surface area contributed by atoms with Gasteiger partial charge in [-0.1, -0.05) is 13.8 Å². The Balaban J connectivity index is 1.67. The highest BCUT2D eigenvalue weighted by molar-refractivity contribution is 5.78. The Kier molecular flexibility index (Phi) is 4.66. The zero-order valence-corrected chi connectivity index (χ0v) is 11.9. The molecular formula is C15H28N2O. The second kappa shape index (κ2) is 6.05. The van der Waals surface area contributed by atoms with Crippen LogP contribution in [0.1, 0.15) is 52.4 Å². The van der Waals surface area contributed by atoms with Gasteiger partial charge in [0.05, 0.1) is 5.92 Å². The van der Waals surface area contributed by atoms with Gasteiger partial charge >= 0.3 is 0 Å². The van der Waals surface area contributed by atoms with Gasteiger partial charge in [-0.15, -0.1) is 0 Å². The fourth-order valence-electron chi connectivity index (χ4n) is 3.13. The molecule has 1 amide bonds. The Labute approximate surface area is 111 Å². The van der Waals surface area contributed by atoms with Crippen molar-refractivity contribution in [2.24, 2.45) is 17.3 Å². The molecule has 0 bridgehead atoms. The molecule has 1 unspecified atom stereocenters. The molecule has 0 spiro atoms.